The number of hydrogen-bond acceptors (Lipinski definition) is 3. The second kappa shape index (κ2) is 12.3. The zero-order chi connectivity index (χ0) is 19.5. The molecule has 27 heavy (non-hydrogen) atoms. The maximum Gasteiger partial charge on any atom is 0.251 e. The largest absolute Gasteiger partial charge is 0.305 e. The maximum atomic E-state index is 12.5. The van der Waals surface area contributed by atoms with Crippen molar-refractivity contribution in [3.63, 3.8) is 0 Å². The van der Waals surface area contributed by atoms with Crippen molar-refractivity contribution in [1.82, 2.24) is 5.32 Å². The van der Waals surface area contributed by atoms with E-state index in [-0.39, 0.29) is 24.3 Å². The minimum Gasteiger partial charge on any atom is -0.305 e. The second-order valence-corrected chi connectivity index (χ2v) is 8.35. The summed E-state index contributed by atoms with van der Waals surface area (Å²) in [5.41, 5.74) is 0.649. The zero-order valence-electron chi connectivity index (χ0n) is 16.5. The Hall–Kier alpha value is -1.20. The fourth-order valence-corrected chi connectivity index (χ4v) is 3.81. The van der Waals surface area contributed by atoms with Crippen molar-refractivity contribution in [2.45, 2.75) is 83.6 Å². The van der Waals surface area contributed by atoms with Crippen LogP contribution in [0.3, 0.4) is 0 Å². The van der Waals surface area contributed by atoms with Crippen LogP contribution in [-0.2, 0) is 9.59 Å². The SMILES string of the molecule is CCCCCCCCCCCCN[C@@H]1CC(=O)N(c2ccc(Br)cc2)C1=O. The van der Waals surface area contributed by atoms with Crippen LogP contribution in [-0.4, -0.2) is 24.4 Å². The number of amides is 2. The molecule has 1 saturated heterocycles. The van der Waals surface area contributed by atoms with Gasteiger partial charge in [-0.05, 0) is 37.2 Å². The summed E-state index contributed by atoms with van der Waals surface area (Å²) in [6, 6.07) is 6.91. The molecule has 0 radical (unpaired) electrons. The highest BCUT2D eigenvalue weighted by Crippen LogP contribution is 2.24. The van der Waals surface area contributed by atoms with E-state index >= 15 is 0 Å². The summed E-state index contributed by atoms with van der Waals surface area (Å²) < 4.78 is 0.931. The molecule has 0 saturated carbocycles. The van der Waals surface area contributed by atoms with Crippen LogP contribution in [0, 0.1) is 0 Å². The first-order valence-electron chi connectivity index (χ1n) is 10.5. The standard InChI is InChI=1S/C22H33BrN2O2/c1-2-3-4-5-6-7-8-9-10-11-16-24-20-17-21(26)25(22(20)27)19-14-12-18(23)13-15-19/h12-15,20,24H,2-11,16-17H2,1H3/t20-/m1/s1. The number of nitrogens with one attached hydrogen (secondary N) is 1. The van der Waals surface area contributed by atoms with Crippen molar-refractivity contribution in [3.8, 4) is 0 Å². The molecule has 1 atom stereocenters. The summed E-state index contributed by atoms with van der Waals surface area (Å²) in [7, 11) is 0. The highest BCUT2D eigenvalue weighted by molar-refractivity contribution is 9.10. The Morgan fingerprint density at radius 1 is 0.926 bits per heavy atom. The summed E-state index contributed by atoms with van der Waals surface area (Å²) >= 11 is 3.37. The van der Waals surface area contributed by atoms with Crippen molar-refractivity contribution in [2.24, 2.45) is 0 Å². The minimum absolute atomic E-state index is 0.122. The molecule has 2 rings (SSSR count). The van der Waals surface area contributed by atoms with Crippen LogP contribution < -0.4 is 10.2 Å². The van der Waals surface area contributed by atoms with Gasteiger partial charge in [-0.2, -0.15) is 0 Å². The lowest BCUT2D eigenvalue weighted by molar-refractivity contribution is -0.121. The molecule has 2 amide bonds. The number of hydrogen-bond donors (Lipinski definition) is 1. The molecule has 5 heteroatoms. The van der Waals surface area contributed by atoms with Gasteiger partial charge in [0.15, 0.2) is 0 Å². The highest BCUT2D eigenvalue weighted by atomic mass is 79.9. The van der Waals surface area contributed by atoms with Crippen molar-refractivity contribution in [3.05, 3.63) is 28.7 Å². The summed E-state index contributed by atoms with van der Waals surface area (Å²) in [6.45, 7) is 3.05. The van der Waals surface area contributed by atoms with Crippen LogP contribution in [0.4, 0.5) is 5.69 Å². The van der Waals surface area contributed by atoms with Gasteiger partial charge in [0.05, 0.1) is 18.2 Å². The first-order valence-corrected chi connectivity index (χ1v) is 11.3. The molecule has 150 valence electrons. The lowest BCUT2D eigenvalue weighted by Gasteiger charge is -2.15. The minimum atomic E-state index is -0.375. The van der Waals surface area contributed by atoms with Gasteiger partial charge in [-0.1, -0.05) is 80.6 Å². The molecule has 1 aromatic rings. The van der Waals surface area contributed by atoms with Gasteiger partial charge in [0.25, 0.3) is 5.91 Å². The molecule has 0 aliphatic carbocycles. The van der Waals surface area contributed by atoms with Crippen molar-refractivity contribution in [2.75, 3.05) is 11.4 Å². The van der Waals surface area contributed by atoms with Crippen LogP contribution in [0.5, 0.6) is 0 Å². The average Bonchev–Trinajstić information content (AvgIpc) is 2.94. The topological polar surface area (TPSA) is 49.4 Å². The third kappa shape index (κ3) is 7.38. The molecule has 1 aromatic carbocycles. The third-order valence-electron chi connectivity index (χ3n) is 5.15. The molecule has 1 aliphatic rings. The smallest absolute Gasteiger partial charge is 0.251 e. The Labute approximate surface area is 172 Å². The second-order valence-electron chi connectivity index (χ2n) is 7.44. The first-order chi connectivity index (χ1) is 13.1. The Morgan fingerprint density at radius 3 is 2.07 bits per heavy atom. The Morgan fingerprint density at radius 2 is 1.48 bits per heavy atom. The lowest BCUT2D eigenvalue weighted by atomic mass is 10.1. The van der Waals surface area contributed by atoms with E-state index in [1.165, 1.54) is 62.7 Å². The number of carbonyl (C=O) groups excluding carboxylic acids is 2. The molecule has 1 aliphatic heterocycles. The van der Waals surface area contributed by atoms with Crippen LogP contribution in [0.15, 0.2) is 28.7 Å². The van der Waals surface area contributed by atoms with Crippen molar-refractivity contribution < 1.29 is 9.59 Å². The quantitative estimate of drug-likeness (QED) is 0.323. The van der Waals surface area contributed by atoms with E-state index in [0.717, 1.165) is 17.4 Å². The van der Waals surface area contributed by atoms with Crippen molar-refractivity contribution in [1.29, 1.82) is 0 Å². The molecule has 1 N–H and O–H groups in total. The van der Waals surface area contributed by atoms with E-state index in [9.17, 15) is 9.59 Å². The van der Waals surface area contributed by atoms with E-state index < -0.39 is 0 Å². The number of benzene rings is 1. The predicted octanol–water partition coefficient (Wildman–Crippen LogP) is 5.59. The van der Waals surface area contributed by atoms with Gasteiger partial charge in [-0.3, -0.25) is 9.59 Å². The van der Waals surface area contributed by atoms with E-state index in [0.29, 0.717) is 5.69 Å². The van der Waals surface area contributed by atoms with Gasteiger partial charge >= 0.3 is 0 Å². The summed E-state index contributed by atoms with van der Waals surface area (Å²) in [5, 5.41) is 3.28. The first kappa shape index (κ1) is 22.1. The monoisotopic (exact) mass is 436 g/mol. The normalized spacial score (nSPS) is 17.1. The number of anilines is 1. The Balaban J connectivity index is 1.58. The predicted molar refractivity (Wildman–Crippen MR) is 115 cm³/mol. The molecule has 0 aromatic heterocycles. The summed E-state index contributed by atoms with van der Waals surface area (Å²) in [5.74, 6) is -0.253. The molecule has 4 nitrogen and oxygen atoms in total. The molecule has 0 unspecified atom stereocenters. The van der Waals surface area contributed by atoms with Gasteiger partial charge in [0.2, 0.25) is 5.91 Å². The van der Waals surface area contributed by atoms with Crippen LogP contribution in [0.1, 0.15) is 77.6 Å². The number of imide groups is 1. The molecule has 0 spiro atoms. The Bertz CT molecular complexity index is 588. The third-order valence-corrected chi connectivity index (χ3v) is 5.68. The van der Waals surface area contributed by atoms with E-state index in [4.69, 9.17) is 0 Å². The average molecular weight is 437 g/mol. The molecular formula is C22H33BrN2O2. The number of carbonyl (C=O) groups is 2. The van der Waals surface area contributed by atoms with Gasteiger partial charge in [-0.25, -0.2) is 4.90 Å². The highest BCUT2D eigenvalue weighted by Gasteiger charge is 2.38. The lowest BCUT2D eigenvalue weighted by Crippen LogP contribution is -2.39. The van der Waals surface area contributed by atoms with Crippen LogP contribution in [0.25, 0.3) is 0 Å². The Kier molecular flexibility index (Phi) is 10.1. The number of halogens is 1. The maximum absolute atomic E-state index is 12.5. The van der Waals surface area contributed by atoms with Crippen LogP contribution in [0.2, 0.25) is 0 Å². The van der Waals surface area contributed by atoms with E-state index in [2.05, 4.69) is 28.2 Å². The van der Waals surface area contributed by atoms with Gasteiger partial charge < -0.3 is 5.32 Å². The molecule has 1 fully saturated rings. The number of unbranched alkanes of at least 4 members (excludes halogenated alkanes) is 9. The summed E-state index contributed by atoms with van der Waals surface area (Å²) in [6.07, 6.45) is 13.2. The van der Waals surface area contributed by atoms with Gasteiger partial charge in [-0.15, -0.1) is 0 Å². The zero-order valence-corrected chi connectivity index (χ0v) is 18.1. The van der Waals surface area contributed by atoms with Gasteiger partial charge in [0.1, 0.15) is 0 Å². The van der Waals surface area contributed by atoms with E-state index in [1.54, 1.807) is 12.1 Å². The fourth-order valence-electron chi connectivity index (χ4n) is 3.54. The summed E-state index contributed by atoms with van der Waals surface area (Å²) in [4.78, 5) is 26.1. The molecule has 1 heterocycles. The number of rotatable bonds is 13. The van der Waals surface area contributed by atoms with Gasteiger partial charge in [0, 0.05) is 4.47 Å². The fraction of sp³-hybridized carbons (Fsp3) is 0.636. The van der Waals surface area contributed by atoms with E-state index in [1.807, 2.05) is 12.1 Å². The van der Waals surface area contributed by atoms with Crippen molar-refractivity contribution >= 4 is 33.4 Å². The number of nitrogens with zero attached hydrogens (tertiary/aromatic N) is 1. The van der Waals surface area contributed by atoms with Crippen LogP contribution >= 0.6 is 15.9 Å². The molecular weight excluding hydrogens is 404 g/mol. The molecule has 0 bridgehead atoms.